The molecule has 0 aliphatic carbocycles. The van der Waals surface area contributed by atoms with E-state index in [1.807, 2.05) is 0 Å². The molecule has 1 heterocycles. The summed E-state index contributed by atoms with van der Waals surface area (Å²) in [4.78, 5) is 15.9. The third-order valence-electron chi connectivity index (χ3n) is 3.50. The highest BCUT2D eigenvalue weighted by atomic mass is 79.9. The van der Waals surface area contributed by atoms with Gasteiger partial charge in [0.1, 0.15) is 4.83 Å². The maximum Gasteiger partial charge on any atom is 0.320 e. The summed E-state index contributed by atoms with van der Waals surface area (Å²) in [7, 11) is 1.43. The maximum absolute atomic E-state index is 11.3. The van der Waals surface area contributed by atoms with E-state index in [1.165, 1.54) is 13.5 Å². The molecule has 100 valence electrons. The Balaban J connectivity index is 2.30. The summed E-state index contributed by atoms with van der Waals surface area (Å²) in [6.07, 6.45) is 1.20. The highest BCUT2D eigenvalue weighted by molar-refractivity contribution is 9.10. The molecule has 0 aromatic rings. The van der Waals surface area contributed by atoms with Crippen molar-refractivity contribution in [3.05, 3.63) is 0 Å². The zero-order valence-corrected chi connectivity index (χ0v) is 12.6. The van der Waals surface area contributed by atoms with Crippen LogP contribution in [0.15, 0.2) is 0 Å². The summed E-state index contributed by atoms with van der Waals surface area (Å²) in [5.74, 6) is -0.186. The van der Waals surface area contributed by atoms with Crippen molar-refractivity contribution in [1.82, 2.24) is 9.80 Å². The van der Waals surface area contributed by atoms with Gasteiger partial charge in [-0.2, -0.15) is 0 Å². The molecule has 0 N–H and O–H groups in total. The largest absolute Gasteiger partial charge is 0.468 e. The second-order valence-corrected chi connectivity index (χ2v) is 5.69. The maximum atomic E-state index is 11.3. The first-order valence-corrected chi connectivity index (χ1v) is 7.18. The molecule has 2 atom stereocenters. The minimum Gasteiger partial charge on any atom is -0.468 e. The van der Waals surface area contributed by atoms with Crippen molar-refractivity contribution in [3.63, 3.8) is 0 Å². The molecule has 17 heavy (non-hydrogen) atoms. The zero-order chi connectivity index (χ0) is 12.8. The quantitative estimate of drug-likeness (QED) is 0.567. The predicted octanol–water partition coefficient (Wildman–Crippen LogP) is 1.34. The van der Waals surface area contributed by atoms with E-state index in [2.05, 4.69) is 39.6 Å². The fourth-order valence-electron chi connectivity index (χ4n) is 2.07. The highest BCUT2D eigenvalue weighted by Crippen LogP contribution is 2.11. The van der Waals surface area contributed by atoms with Gasteiger partial charge in [0.25, 0.3) is 0 Å². The normalized spacial score (nSPS) is 22.1. The van der Waals surface area contributed by atoms with E-state index in [0.29, 0.717) is 6.04 Å². The summed E-state index contributed by atoms with van der Waals surface area (Å²) in [5.41, 5.74) is 0. The number of esters is 1. The molecule has 0 amide bonds. The number of piperazine rings is 1. The van der Waals surface area contributed by atoms with E-state index in [-0.39, 0.29) is 10.8 Å². The Morgan fingerprint density at radius 3 is 2.41 bits per heavy atom. The average molecular weight is 307 g/mol. The monoisotopic (exact) mass is 306 g/mol. The third-order valence-corrected chi connectivity index (χ3v) is 4.16. The van der Waals surface area contributed by atoms with Crippen molar-refractivity contribution >= 4 is 21.9 Å². The number of carbonyl (C=O) groups excluding carboxylic acids is 1. The van der Waals surface area contributed by atoms with E-state index in [4.69, 9.17) is 4.74 Å². The smallest absolute Gasteiger partial charge is 0.320 e. The molecule has 1 fully saturated rings. The SMILES string of the molecule is CCC(C)N1CCN(CC(Br)C(=O)OC)CC1. The molecule has 0 aromatic carbocycles. The van der Waals surface area contributed by atoms with Crippen molar-refractivity contribution in [1.29, 1.82) is 0 Å². The minimum atomic E-state index is -0.206. The number of alkyl halides is 1. The topological polar surface area (TPSA) is 32.8 Å². The van der Waals surface area contributed by atoms with E-state index >= 15 is 0 Å². The lowest BCUT2D eigenvalue weighted by molar-refractivity contribution is -0.140. The van der Waals surface area contributed by atoms with Crippen LogP contribution in [0.1, 0.15) is 20.3 Å². The molecule has 2 unspecified atom stereocenters. The molecular weight excluding hydrogens is 284 g/mol. The lowest BCUT2D eigenvalue weighted by atomic mass is 10.2. The number of hydrogen-bond donors (Lipinski definition) is 0. The van der Waals surface area contributed by atoms with Crippen LogP contribution in [0.5, 0.6) is 0 Å². The van der Waals surface area contributed by atoms with E-state index in [0.717, 1.165) is 32.7 Å². The first-order valence-electron chi connectivity index (χ1n) is 6.26. The van der Waals surface area contributed by atoms with Crippen LogP contribution in [0.25, 0.3) is 0 Å². The van der Waals surface area contributed by atoms with Gasteiger partial charge in [0.15, 0.2) is 0 Å². The van der Waals surface area contributed by atoms with Gasteiger partial charge in [0.2, 0.25) is 0 Å². The van der Waals surface area contributed by atoms with Gasteiger partial charge < -0.3 is 4.74 Å². The Morgan fingerprint density at radius 1 is 1.35 bits per heavy atom. The van der Waals surface area contributed by atoms with Crippen LogP contribution in [-0.2, 0) is 9.53 Å². The van der Waals surface area contributed by atoms with Gasteiger partial charge in [-0.05, 0) is 13.3 Å². The van der Waals surface area contributed by atoms with Gasteiger partial charge in [0, 0.05) is 38.8 Å². The third kappa shape index (κ3) is 4.56. The predicted molar refractivity (Wildman–Crippen MR) is 72.5 cm³/mol. The molecule has 1 aliphatic rings. The van der Waals surface area contributed by atoms with Gasteiger partial charge >= 0.3 is 5.97 Å². The fraction of sp³-hybridized carbons (Fsp3) is 0.917. The average Bonchev–Trinajstić information content (AvgIpc) is 2.37. The Morgan fingerprint density at radius 2 is 1.94 bits per heavy atom. The van der Waals surface area contributed by atoms with Crippen molar-refractivity contribution in [2.75, 3.05) is 39.8 Å². The van der Waals surface area contributed by atoms with Gasteiger partial charge in [-0.15, -0.1) is 0 Å². The number of rotatable bonds is 5. The van der Waals surface area contributed by atoms with E-state index in [1.54, 1.807) is 0 Å². The van der Waals surface area contributed by atoms with Crippen molar-refractivity contribution in [2.45, 2.75) is 31.1 Å². The lowest BCUT2D eigenvalue weighted by Gasteiger charge is -2.38. The summed E-state index contributed by atoms with van der Waals surface area (Å²) in [6, 6.07) is 0.664. The van der Waals surface area contributed by atoms with Crippen LogP contribution in [0.2, 0.25) is 0 Å². The van der Waals surface area contributed by atoms with Crippen LogP contribution in [0.4, 0.5) is 0 Å². The summed E-state index contributed by atoms with van der Waals surface area (Å²) < 4.78 is 4.71. The van der Waals surface area contributed by atoms with Crippen molar-refractivity contribution in [3.8, 4) is 0 Å². The molecule has 0 spiro atoms. The fourth-order valence-corrected chi connectivity index (χ4v) is 2.67. The van der Waals surface area contributed by atoms with Gasteiger partial charge in [-0.1, -0.05) is 22.9 Å². The van der Waals surface area contributed by atoms with Gasteiger partial charge in [-0.3, -0.25) is 14.6 Å². The Bertz CT molecular complexity index is 243. The van der Waals surface area contributed by atoms with Crippen LogP contribution in [0.3, 0.4) is 0 Å². The standard InChI is InChI=1S/C12H23BrN2O2/c1-4-10(2)15-7-5-14(6-8-15)9-11(13)12(16)17-3/h10-11H,4-9H2,1-3H3. The van der Waals surface area contributed by atoms with Gasteiger partial charge in [-0.25, -0.2) is 0 Å². The van der Waals surface area contributed by atoms with Crippen LogP contribution >= 0.6 is 15.9 Å². The number of nitrogens with zero attached hydrogens (tertiary/aromatic N) is 2. The summed E-state index contributed by atoms with van der Waals surface area (Å²) >= 11 is 3.37. The second-order valence-electron chi connectivity index (χ2n) is 4.58. The van der Waals surface area contributed by atoms with Crippen LogP contribution in [0, 0.1) is 0 Å². The van der Waals surface area contributed by atoms with Crippen molar-refractivity contribution < 1.29 is 9.53 Å². The molecule has 0 aromatic heterocycles. The first kappa shape index (κ1) is 14.9. The number of hydrogen-bond acceptors (Lipinski definition) is 4. The van der Waals surface area contributed by atoms with E-state index in [9.17, 15) is 4.79 Å². The molecule has 1 aliphatic heterocycles. The summed E-state index contributed by atoms with van der Waals surface area (Å²) in [5, 5.41) is 0. The van der Waals surface area contributed by atoms with Crippen LogP contribution in [-0.4, -0.2) is 66.5 Å². The molecule has 1 rings (SSSR count). The Kier molecular flexibility index (Phi) is 6.44. The molecular formula is C12H23BrN2O2. The van der Waals surface area contributed by atoms with E-state index < -0.39 is 0 Å². The van der Waals surface area contributed by atoms with Crippen molar-refractivity contribution in [2.24, 2.45) is 0 Å². The highest BCUT2D eigenvalue weighted by Gasteiger charge is 2.24. The molecule has 5 heteroatoms. The Labute approximate surface area is 112 Å². The minimum absolute atomic E-state index is 0.186. The lowest BCUT2D eigenvalue weighted by Crippen LogP contribution is -2.51. The molecule has 0 saturated carbocycles. The molecule has 0 radical (unpaired) electrons. The molecule has 4 nitrogen and oxygen atoms in total. The summed E-state index contributed by atoms with van der Waals surface area (Å²) in [6.45, 7) is 9.49. The second kappa shape index (κ2) is 7.34. The molecule has 1 saturated heterocycles. The Hall–Kier alpha value is -0.130. The first-order chi connectivity index (χ1) is 8.08. The molecule has 0 bridgehead atoms. The number of carbonyl (C=O) groups is 1. The zero-order valence-electron chi connectivity index (χ0n) is 11.0. The number of methoxy groups -OCH3 is 1. The van der Waals surface area contributed by atoms with Gasteiger partial charge in [0.05, 0.1) is 7.11 Å². The number of halogens is 1. The number of ether oxygens (including phenoxy) is 1. The van der Waals surface area contributed by atoms with Crippen LogP contribution < -0.4 is 0 Å².